The fraction of sp³-hybridized carbons (Fsp3) is 0.350. The molecule has 142 valence electrons. The van der Waals surface area contributed by atoms with Crippen LogP contribution in [0.4, 0.5) is 16.2 Å². The molecule has 0 spiro atoms. The summed E-state index contributed by atoms with van der Waals surface area (Å²) >= 11 is 0. The van der Waals surface area contributed by atoms with Gasteiger partial charge < -0.3 is 20.3 Å². The first kappa shape index (κ1) is 18.7. The van der Waals surface area contributed by atoms with Crippen LogP contribution in [-0.2, 0) is 11.3 Å². The van der Waals surface area contributed by atoms with Gasteiger partial charge in [0, 0.05) is 11.8 Å². The molecule has 1 aromatic heterocycles. The van der Waals surface area contributed by atoms with Gasteiger partial charge in [0.05, 0.1) is 31.7 Å². The largest absolute Gasteiger partial charge is 0.495 e. The number of carbonyl (C=O) groups excluding carboxylic acids is 2. The average Bonchev–Trinajstić information content (AvgIpc) is 2.83. The lowest BCUT2D eigenvalue weighted by molar-refractivity contribution is -0.121. The number of pyridine rings is 1. The lowest BCUT2D eigenvalue weighted by Crippen LogP contribution is -2.50. The van der Waals surface area contributed by atoms with E-state index < -0.39 is 6.04 Å². The van der Waals surface area contributed by atoms with Gasteiger partial charge >= 0.3 is 6.03 Å². The Morgan fingerprint density at radius 1 is 1.41 bits per heavy atom. The molecule has 0 aliphatic carbocycles. The van der Waals surface area contributed by atoms with E-state index in [9.17, 15) is 9.59 Å². The molecule has 0 radical (unpaired) electrons. The maximum Gasteiger partial charge on any atom is 0.322 e. The first-order valence-electron chi connectivity index (χ1n) is 8.99. The van der Waals surface area contributed by atoms with Crippen LogP contribution in [0.25, 0.3) is 0 Å². The molecular weight excluding hydrogens is 344 g/mol. The van der Waals surface area contributed by atoms with Crippen molar-refractivity contribution in [3.8, 4) is 5.75 Å². The summed E-state index contributed by atoms with van der Waals surface area (Å²) in [5, 5.41) is 5.80. The summed E-state index contributed by atoms with van der Waals surface area (Å²) in [6.45, 7) is 4.33. The Balaban J connectivity index is 1.92. The highest BCUT2D eigenvalue weighted by Gasteiger charge is 2.36. The van der Waals surface area contributed by atoms with Crippen molar-refractivity contribution in [1.82, 2.24) is 9.88 Å². The van der Waals surface area contributed by atoms with Crippen LogP contribution in [-0.4, -0.2) is 35.0 Å². The lowest BCUT2D eigenvalue weighted by atomic mass is 9.97. The van der Waals surface area contributed by atoms with Crippen molar-refractivity contribution in [2.45, 2.75) is 32.9 Å². The number of aromatic nitrogens is 1. The molecule has 2 heterocycles. The van der Waals surface area contributed by atoms with E-state index in [1.807, 2.05) is 38.1 Å². The van der Waals surface area contributed by atoms with Crippen LogP contribution in [0.2, 0.25) is 0 Å². The number of hydrogen-bond acceptors (Lipinski definition) is 4. The number of fused-ring (bicyclic) bond motifs is 1. The van der Waals surface area contributed by atoms with Crippen molar-refractivity contribution in [2.24, 2.45) is 5.92 Å². The first-order valence-corrected chi connectivity index (χ1v) is 8.99. The molecule has 1 aliphatic heterocycles. The molecule has 2 aromatic rings. The topological polar surface area (TPSA) is 83.6 Å². The number of carbonyl (C=O) groups is 2. The molecule has 7 heteroatoms. The van der Waals surface area contributed by atoms with Crippen molar-refractivity contribution in [3.05, 3.63) is 48.3 Å². The summed E-state index contributed by atoms with van der Waals surface area (Å²) in [6, 6.07) is 8.32. The number of amides is 3. The molecule has 7 nitrogen and oxygen atoms in total. The minimum absolute atomic E-state index is 0.00787. The Kier molecular flexibility index (Phi) is 5.59. The van der Waals surface area contributed by atoms with Crippen molar-refractivity contribution in [1.29, 1.82) is 0 Å². The van der Waals surface area contributed by atoms with Gasteiger partial charge in [-0.1, -0.05) is 38.5 Å². The molecule has 1 aromatic carbocycles. The quantitative estimate of drug-likeness (QED) is 0.865. The minimum Gasteiger partial charge on any atom is -0.495 e. The highest BCUT2D eigenvalue weighted by atomic mass is 16.5. The van der Waals surface area contributed by atoms with Crippen LogP contribution >= 0.6 is 0 Å². The van der Waals surface area contributed by atoms with Gasteiger partial charge in [-0.25, -0.2) is 4.79 Å². The van der Waals surface area contributed by atoms with Gasteiger partial charge in [-0.3, -0.25) is 9.78 Å². The van der Waals surface area contributed by atoms with E-state index in [4.69, 9.17) is 4.74 Å². The van der Waals surface area contributed by atoms with E-state index >= 15 is 0 Å². The zero-order valence-corrected chi connectivity index (χ0v) is 15.7. The minimum atomic E-state index is -0.569. The third-order valence-corrected chi connectivity index (χ3v) is 4.86. The van der Waals surface area contributed by atoms with Crippen molar-refractivity contribution >= 4 is 23.3 Å². The number of anilines is 2. The summed E-state index contributed by atoms with van der Waals surface area (Å²) < 4.78 is 5.15. The van der Waals surface area contributed by atoms with Crippen LogP contribution < -0.4 is 15.4 Å². The Morgan fingerprint density at radius 3 is 2.93 bits per heavy atom. The number of hydrogen-bond donors (Lipinski definition) is 2. The summed E-state index contributed by atoms with van der Waals surface area (Å²) in [7, 11) is 1.54. The van der Waals surface area contributed by atoms with Crippen molar-refractivity contribution in [2.75, 3.05) is 17.7 Å². The smallest absolute Gasteiger partial charge is 0.322 e. The molecule has 2 unspecified atom stereocenters. The van der Waals surface area contributed by atoms with E-state index in [2.05, 4.69) is 15.6 Å². The summed E-state index contributed by atoms with van der Waals surface area (Å²) in [4.78, 5) is 31.6. The highest BCUT2D eigenvalue weighted by molar-refractivity contribution is 6.00. The second-order valence-corrected chi connectivity index (χ2v) is 6.65. The van der Waals surface area contributed by atoms with E-state index in [0.29, 0.717) is 18.0 Å². The predicted molar refractivity (Wildman–Crippen MR) is 104 cm³/mol. The van der Waals surface area contributed by atoms with Crippen molar-refractivity contribution in [3.63, 3.8) is 0 Å². The zero-order chi connectivity index (χ0) is 19.4. The molecule has 3 amide bonds. The van der Waals surface area contributed by atoms with Gasteiger partial charge in [0.2, 0.25) is 5.91 Å². The molecule has 0 saturated heterocycles. The second-order valence-electron chi connectivity index (χ2n) is 6.65. The van der Waals surface area contributed by atoms with E-state index in [0.717, 1.165) is 17.7 Å². The maximum atomic E-state index is 13.1. The van der Waals surface area contributed by atoms with Crippen LogP contribution in [0.5, 0.6) is 5.75 Å². The number of urea groups is 1. The SMILES string of the molecule is CCC(C)C1C(=O)Nc2ccccc2CN1C(=O)Nc1cncc(OC)c1. The molecule has 2 N–H and O–H groups in total. The number of benzene rings is 1. The van der Waals surface area contributed by atoms with E-state index in [1.165, 1.54) is 7.11 Å². The van der Waals surface area contributed by atoms with E-state index in [1.54, 1.807) is 23.4 Å². The third-order valence-electron chi connectivity index (χ3n) is 4.86. The molecule has 0 fully saturated rings. The van der Waals surface area contributed by atoms with Crippen LogP contribution in [0.3, 0.4) is 0 Å². The standard InChI is InChI=1S/C20H24N4O3/c1-4-13(2)18-19(25)23-17-8-6-5-7-14(17)12-24(18)20(26)22-15-9-16(27-3)11-21-10-15/h5-11,13,18H,4,12H2,1-3H3,(H,22,26)(H,23,25). The number of nitrogens with zero attached hydrogens (tertiary/aromatic N) is 2. The van der Waals surface area contributed by atoms with Crippen LogP contribution in [0, 0.1) is 5.92 Å². The summed E-state index contributed by atoms with van der Waals surface area (Å²) in [6.07, 6.45) is 3.89. The second kappa shape index (κ2) is 8.07. The van der Waals surface area contributed by atoms with Gasteiger partial charge in [0.1, 0.15) is 11.8 Å². The molecule has 0 saturated carbocycles. The summed E-state index contributed by atoms with van der Waals surface area (Å²) in [5.74, 6) is 0.381. The van der Waals surface area contributed by atoms with Gasteiger partial charge in [0.15, 0.2) is 0 Å². The molecule has 2 atom stereocenters. The summed E-state index contributed by atoms with van der Waals surface area (Å²) in [5.41, 5.74) is 2.16. The van der Waals surface area contributed by atoms with Gasteiger partial charge in [-0.05, 0) is 17.5 Å². The molecule has 0 bridgehead atoms. The third kappa shape index (κ3) is 4.02. The number of para-hydroxylation sites is 1. The molecule has 3 rings (SSSR count). The Labute approximate surface area is 158 Å². The van der Waals surface area contributed by atoms with Crippen LogP contribution in [0.15, 0.2) is 42.7 Å². The Morgan fingerprint density at radius 2 is 2.19 bits per heavy atom. The monoisotopic (exact) mass is 368 g/mol. The molecular formula is C20H24N4O3. The number of ether oxygens (including phenoxy) is 1. The normalized spacial score (nSPS) is 17.4. The zero-order valence-electron chi connectivity index (χ0n) is 15.7. The van der Waals surface area contributed by atoms with Crippen LogP contribution in [0.1, 0.15) is 25.8 Å². The number of rotatable bonds is 4. The average molecular weight is 368 g/mol. The molecule has 1 aliphatic rings. The van der Waals surface area contributed by atoms with Gasteiger partial charge in [0.25, 0.3) is 0 Å². The number of methoxy groups -OCH3 is 1. The predicted octanol–water partition coefficient (Wildman–Crippen LogP) is 3.49. The van der Waals surface area contributed by atoms with Gasteiger partial charge in [-0.15, -0.1) is 0 Å². The van der Waals surface area contributed by atoms with Gasteiger partial charge in [-0.2, -0.15) is 0 Å². The fourth-order valence-electron chi connectivity index (χ4n) is 3.19. The maximum absolute atomic E-state index is 13.1. The lowest BCUT2D eigenvalue weighted by Gasteiger charge is -2.32. The van der Waals surface area contributed by atoms with E-state index in [-0.39, 0.29) is 17.9 Å². The highest BCUT2D eigenvalue weighted by Crippen LogP contribution is 2.28. The van der Waals surface area contributed by atoms with Crippen molar-refractivity contribution < 1.29 is 14.3 Å². The molecule has 27 heavy (non-hydrogen) atoms. The Bertz CT molecular complexity index is 839. The first-order chi connectivity index (χ1) is 13.0. The Hall–Kier alpha value is -3.09. The number of nitrogens with one attached hydrogen (secondary N) is 2. The fourth-order valence-corrected chi connectivity index (χ4v) is 3.19.